The summed E-state index contributed by atoms with van der Waals surface area (Å²) >= 11 is 3.04. The van der Waals surface area contributed by atoms with Crippen LogP contribution >= 0.6 is 22.7 Å². The quantitative estimate of drug-likeness (QED) is 0.134. The first-order valence-electron chi connectivity index (χ1n) is 12.1. The molecule has 0 N–H and O–H groups in total. The third-order valence-electron chi connectivity index (χ3n) is 5.82. The molecule has 0 aliphatic rings. The van der Waals surface area contributed by atoms with Crippen LogP contribution in [0.5, 0.6) is 11.5 Å². The molecular formula is C30H22O7S4. The fourth-order valence-corrected chi connectivity index (χ4v) is 7.49. The second kappa shape index (κ2) is 11.8. The lowest BCUT2D eigenvalue weighted by molar-refractivity contribution is 0.101. The van der Waals surface area contributed by atoms with Crippen molar-refractivity contribution in [3.63, 3.8) is 0 Å². The number of fused-ring (bicyclic) bond motifs is 2. The summed E-state index contributed by atoms with van der Waals surface area (Å²) in [6.45, 7) is 1.48. The lowest BCUT2D eigenvalue weighted by Crippen LogP contribution is -2.09. The van der Waals surface area contributed by atoms with Crippen LogP contribution in [0.4, 0.5) is 0 Å². The normalized spacial score (nSPS) is 11.5. The van der Waals surface area contributed by atoms with E-state index in [0.29, 0.717) is 16.7 Å². The minimum atomic E-state index is -3.88. The van der Waals surface area contributed by atoms with Gasteiger partial charge < -0.3 is 8.37 Å². The highest BCUT2D eigenvalue weighted by Gasteiger charge is 2.18. The van der Waals surface area contributed by atoms with Gasteiger partial charge in [0.25, 0.3) is 0 Å². The van der Waals surface area contributed by atoms with Crippen molar-refractivity contribution in [3.8, 4) is 11.5 Å². The Morgan fingerprint density at radius 1 is 0.634 bits per heavy atom. The molecule has 0 fully saturated rings. The molecule has 0 unspecified atom stereocenters. The fourth-order valence-electron chi connectivity index (χ4n) is 3.85. The van der Waals surface area contributed by atoms with Crippen LogP contribution in [0.3, 0.4) is 0 Å². The molecule has 0 bridgehead atoms. The lowest BCUT2D eigenvalue weighted by atomic mass is 10.1. The van der Waals surface area contributed by atoms with Crippen LogP contribution in [0.1, 0.15) is 17.3 Å². The van der Waals surface area contributed by atoms with Crippen LogP contribution in [-0.2, 0) is 20.2 Å². The van der Waals surface area contributed by atoms with E-state index in [0.717, 1.165) is 14.8 Å². The number of carbonyl (C=O) groups is 1. The van der Waals surface area contributed by atoms with Crippen molar-refractivity contribution in [2.75, 3.05) is 0 Å². The van der Waals surface area contributed by atoms with Gasteiger partial charge in [-0.05, 0) is 84.4 Å². The van der Waals surface area contributed by atoms with Gasteiger partial charge in [-0.25, -0.2) is 0 Å². The predicted molar refractivity (Wildman–Crippen MR) is 162 cm³/mol. The van der Waals surface area contributed by atoms with Gasteiger partial charge in [-0.3, -0.25) is 4.79 Å². The van der Waals surface area contributed by atoms with Crippen molar-refractivity contribution >= 4 is 68.9 Å². The van der Waals surface area contributed by atoms with Crippen LogP contribution in [0.25, 0.3) is 20.2 Å². The van der Waals surface area contributed by atoms with Gasteiger partial charge >= 0.3 is 20.2 Å². The molecule has 2 aromatic heterocycles. The molecule has 0 radical (unpaired) electrons. The molecule has 0 aliphatic carbocycles. The van der Waals surface area contributed by atoms with Gasteiger partial charge in [-0.15, -0.1) is 22.7 Å². The molecule has 4 aromatic carbocycles. The van der Waals surface area contributed by atoms with E-state index in [9.17, 15) is 21.6 Å². The minimum Gasteiger partial charge on any atom is -0.379 e. The van der Waals surface area contributed by atoms with Crippen molar-refractivity contribution in [2.24, 2.45) is 0 Å². The molecular weight excluding hydrogens is 601 g/mol. The maximum atomic E-state index is 12.2. The average Bonchev–Trinajstić information content (AvgIpc) is 3.61. The lowest BCUT2D eigenvalue weighted by Gasteiger charge is -2.07. The highest BCUT2D eigenvalue weighted by molar-refractivity contribution is 7.87. The molecule has 2 heterocycles. The van der Waals surface area contributed by atoms with Gasteiger partial charge in [-0.2, -0.15) is 16.8 Å². The Balaban J connectivity index is 0.000000166. The van der Waals surface area contributed by atoms with E-state index in [1.807, 2.05) is 17.5 Å². The summed E-state index contributed by atoms with van der Waals surface area (Å²) < 4.78 is 60.8. The topological polar surface area (TPSA) is 104 Å². The van der Waals surface area contributed by atoms with Gasteiger partial charge in [0, 0.05) is 25.7 Å². The summed E-state index contributed by atoms with van der Waals surface area (Å²) in [5, 5.41) is 5.41. The van der Waals surface area contributed by atoms with Crippen molar-refractivity contribution in [3.05, 3.63) is 119 Å². The summed E-state index contributed by atoms with van der Waals surface area (Å²) in [7, 11) is -7.64. The number of Topliss-reactive ketones (excluding diaryl/α,β-unsaturated/α-hetero) is 1. The fraction of sp³-hybridized carbons (Fsp3) is 0.0333. The van der Waals surface area contributed by atoms with E-state index in [1.165, 1.54) is 42.5 Å². The van der Waals surface area contributed by atoms with Crippen molar-refractivity contribution in [2.45, 2.75) is 16.7 Å². The summed E-state index contributed by atoms with van der Waals surface area (Å²) in [5.41, 5.74) is 0.572. The monoisotopic (exact) mass is 622 g/mol. The van der Waals surface area contributed by atoms with Crippen LogP contribution in [0.2, 0.25) is 0 Å². The third kappa shape index (κ3) is 6.66. The Morgan fingerprint density at radius 3 is 1.73 bits per heavy atom. The minimum absolute atomic E-state index is 0.0608. The number of carbonyl (C=O) groups excluding carboxylic acids is 1. The maximum Gasteiger partial charge on any atom is 0.339 e. The summed E-state index contributed by atoms with van der Waals surface area (Å²) in [6.07, 6.45) is 0. The van der Waals surface area contributed by atoms with E-state index in [-0.39, 0.29) is 21.3 Å². The number of thiophene rings is 2. The Morgan fingerprint density at radius 2 is 1.17 bits per heavy atom. The Kier molecular flexibility index (Phi) is 8.22. The van der Waals surface area contributed by atoms with Crippen LogP contribution in [-0.4, -0.2) is 22.6 Å². The number of hydrogen-bond acceptors (Lipinski definition) is 9. The van der Waals surface area contributed by atoms with Crippen LogP contribution in [0, 0.1) is 0 Å². The molecule has 0 atom stereocenters. The molecule has 6 aromatic rings. The number of rotatable bonds is 7. The molecule has 0 aliphatic heterocycles. The zero-order chi connectivity index (χ0) is 29.0. The van der Waals surface area contributed by atoms with Gasteiger partial charge in [0.15, 0.2) is 5.78 Å². The Hall–Kier alpha value is -4.03. The van der Waals surface area contributed by atoms with Gasteiger partial charge in [0.1, 0.15) is 21.3 Å². The van der Waals surface area contributed by atoms with E-state index >= 15 is 0 Å². The highest BCUT2D eigenvalue weighted by Crippen LogP contribution is 2.31. The van der Waals surface area contributed by atoms with E-state index in [4.69, 9.17) is 8.37 Å². The molecule has 11 heteroatoms. The van der Waals surface area contributed by atoms with Crippen LogP contribution in [0.15, 0.2) is 124 Å². The van der Waals surface area contributed by atoms with Crippen molar-refractivity contribution < 1.29 is 30.0 Å². The summed E-state index contributed by atoms with van der Waals surface area (Å²) in [6, 6.07) is 28.2. The third-order valence-corrected chi connectivity index (χ3v) is 10.2. The number of ketones is 1. The largest absolute Gasteiger partial charge is 0.379 e. The first-order valence-corrected chi connectivity index (χ1v) is 16.7. The van der Waals surface area contributed by atoms with Gasteiger partial charge in [0.2, 0.25) is 0 Å². The molecule has 41 heavy (non-hydrogen) atoms. The number of benzene rings is 4. The number of hydrogen-bond donors (Lipinski definition) is 0. The zero-order valence-corrected chi connectivity index (χ0v) is 24.7. The average molecular weight is 623 g/mol. The predicted octanol–water partition coefficient (Wildman–Crippen LogP) is 7.54. The van der Waals surface area contributed by atoms with Crippen LogP contribution < -0.4 is 8.37 Å². The van der Waals surface area contributed by atoms with E-state index in [2.05, 4.69) is 0 Å². The smallest absolute Gasteiger partial charge is 0.339 e. The second-order valence-electron chi connectivity index (χ2n) is 8.68. The maximum absolute atomic E-state index is 12.2. The molecule has 6 rings (SSSR count). The molecule has 0 spiro atoms. The zero-order valence-electron chi connectivity index (χ0n) is 21.5. The standard InChI is InChI=1S/C16H12O4S2.C14H10O3S2/c1-11(17)15-10-21-16-8-7-12(9-14(15)16)20-22(18,19)13-5-3-2-4-6-13;15-19(16,13-4-2-1-3-5-13)17-12-6-7-14-11(10-12)8-9-18-14/h2-10H,1H3;1-10H. The molecule has 7 nitrogen and oxygen atoms in total. The second-order valence-corrected chi connectivity index (χ2v) is 13.6. The van der Waals surface area contributed by atoms with Crippen molar-refractivity contribution in [1.29, 1.82) is 0 Å². The van der Waals surface area contributed by atoms with E-state index < -0.39 is 20.2 Å². The molecule has 0 saturated heterocycles. The first kappa shape index (κ1) is 28.5. The SMILES string of the molecule is CC(=O)c1csc2ccc(OS(=O)(=O)c3ccccc3)cc12.O=S(=O)(Oc1ccc2sccc2c1)c1ccccc1. The summed E-state index contributed by atoms with van der Waals surface area (Å²) in [5.74, 6) is 0.460. The first-order chi connectivity index (χ1) is 19.6. The van der Waals surface area contributed by atoms with Crippen molar-refractivity contribution in [1.82, 2.24) is 0 Å². The van der Waals surface area contributed by atoms with Gasteiger partial charge in [0.05, 0.1) is 0 Å². The Labute approximate surface area is 245 Å². The van der Waals surface area contributed by atoms with Gasteiger partial charge in [-0.1, -0.05) is 36.4 Å². The molecule has 208 valence electrons. The van der Waals surface area contributed by atoms with E-state index in [1.54, 1.807) is 83.4 Å². The molecule has 0 saturated carbocycles. The Bertz CT molecular complexity index is 2050. The highest BCUT2D eigenvalue weighted by atomic mass is 32.2. The molecule has 0 amide bonds. The summed E-state index contributed by atoms with van der Waals surface area (Å²) in [4.78, 5) is 11.8.